The summed E-state index contributed by atoms with van der Waals surface area (Å²) in [5.41, 5.74) is 11.2. The molecule has 1 aliphatic rings. The van der Waals surface area contributed by atoms with Gasteiger partial charge in [-0.1, -0.05) is 116 Å². The summed E-state index contributed by atoms with van der Waals surface area (Å²) < 4.78 is 8.83. The van der Waals surface area contributed by atoms with E-state index in [4.69, 9.17) is 9.72 Å². The molecule has 0 unspecified atom stereocenters. The first kappa shape index (κ1) is 40.1. The number of fused-ring (bicyclic) bond motifs is 3. The van der Waals surface area contributed by atoms with Gasteiger partial charge in [0.2, 0.25) is 0 Å². The van der Waals surface area contributed by atoms with Crippen molar-refractivity contribution in [3.05, 3.63) is 174 Å². The normalized spacial score (nSPS) is 13.8. The Balaban J connectivity index is 0.00000496. The quantitative estimate of drug-likeness (QED) is 0.149. The molecule has 0 atom stereocenters. The Morgan fingerprint density at radius 2 is 1.25 bits per heavy atom. The summed E-state index contributed by atoms with van der Waals surface area (Å²) in [6.45, 7) is 24.5. The predicted octanol–water partition coefficient (Wildman–Crippen LogP) is 13.2. The maximum Gasteiger partial charge on any atom is 0.135 e. The molecule has 0 fully saturated rings. The van der Waals surface area contributed by atoms with Gasteiger partial charge in [0.05, 0.1) is 0 Å². The molecular formula is C51H51N4OPt-3. The number of aromatic nitrogens is 2. The van der Waals surface area contributed by atoms with E-state index in [2.05, 4.69) is 199 Å². The minimum atomic E-state index is -0.186. The fourth-order valence-electron chi connectivity index (χ4n) is 7.66. The van der Waals surface area contributed by atoms with E-state index in [0.29, 0.717) is 11.5 Å². The Morgan fingerprint density at radius 1 is 0.579 bits per heavy atom. The van der Waals surface area contributed by atoms with Crippen LogP contribution >= 0.6 is 0 Å². The molecule has 0 bridgehead atoms. The van der Waals surface area contributed by atoms with Crippen LogP contribution in [0.5, 0.6) is 11.5 Å². The van der Waals surface area contributed by atoms with E-state index in [-0.39, 0.29) is 37.3 Å². The summed E-state index contributed by atoms with van der Waals surface area (Å²) in [6, 6.07) is 48.1. The summed E-state index contributed by atoms with van der Waals surface area (Å²) >= 11 is 0. The minimum Gasteiger partial charge on any atom is -0.509 e. The number of hydrogen-bond donors (Lipinski definition) is 0. The molecule has 2 aromatic heterocycles. The molecule has 57 heavy (non-hydrogen) atoms. The van der Waals surface area contributed by atoms with E-state index in [1.807, 2.05) is 24.4 Å². The third kappa shape index (κ3) is 7.55. The van der Waals surface area contributed by atoms with Gasteiger partial charge in [0, 0.05) is 66.8 Å². The monoisotopic (exact) mass is 930 g/mol. The fourth-order valence-corrected chi connectivity index (χ4v) is 7.66. The van der Waals surface area contributed by atoms with Crippen LogP contribution in [0.15, 0.2) is 133 Å². The number of rotatable bonds is 7. The van der Waals surface area contributed by atoms with Crippen LogP contribution < -0.4 is 14.5 Å². The van der Waals surface area contributed by atoms with Gasteiger partial charge in [0.25, 0.3) is 0 Å². The van der Waals surface area contributed by atoms with E-state index >= 15 is 0 Å². The zero-order chi connectivity index (χ0) is 39.6. The molecule has 5 nitrogen and oxygen atoms in total. The summed E-state index contributed by atoms with van der Waals surface area (Å²) in [5, 5.41) is 2.25. The Kier molecular flexibility index (Phi) is 10.5. The number of allylic oxidation sites excluding steroid dienone is 2. The number of anilines is 2. The molecule has 0 saturated heterocycles. The van der Waals surface area contributed by atoms with Crippen molar-refractivity contribution in [2.45, 2.75) is 85.5 Å². The standard InChI is InChI=1S/C51H51N4O.Pt/c1-34-35(2)54(33-53(34)40-19-14-18-37(28-40)49(3,4)5)41-20-15-21-42(31-41)56-43-23-24-44-45-29-39(51(9,10)36-16-12-11-13-17-36)22-25-46(45)55(47(44)32-43)48-30-38(26-27-52-48)50(6,7)8;/h11-30,33H,1-10H3;/q-3;. The second-order valence-electron chi connectivity index (χ2n) is 17.6. The first-order valence-electron chi connectivity index (χ1n) is 19.5. The SMILES string of the molecule is CC1=C(C)N(c2cccc(C(C)(C)C)c2)[CH-]N1c1[c-]c(Oc2[c-]c3c(cc2)c2cc(C(C)(C)c4ccccc4)ccc2n3-c2cc(C(C)(C)C)ccn2)ccc1.[Pt]. The van der Waals surface area contributed by atoms with Gasteiger partial charge in [-0.3, -0.25) is 0 Å². The molecule has 1 aliphatic heterocycles. The van der Waals surface area contributed by atoms with Crippen molar-refractivity contribution in [3.8, 4) is 17.3 Å². The number of benzene rings is 5. The van der Waals surface area contributed by atoms with Gasteiger partial charge in [-0.15, -0.1) is 48.1 Å². The van der Waals surface area contributed by atoms with E-state index in [9.17, 15) is 0 Å². The van der Waals surface area contributed by atoms with Gasteiger partial charge in [-0.05, 0) is 82.6 Å². The van der Waals surface area contributed by atoms with Crippen molar-refractivity contribution < 1.29 is 25.8 Å². The molecule has 0 radical (unpaired) electrons. The van der Waals surface area contributed by atoms with Crippen LogP contribution in [0, 0.1) is 18.8 Å². The molecule has 294 valence electrons. The zero-order valence-electron chi connectivity index (χ0n) is 34.6. The summed E-state index contributed by atoms with van der Waals surface area (Å²) in [4.78, 5) is 9.35. The molecule has 0 aliphatic carbocycles. The van der Waals surface area contributed by atoms with E-state index < -0.39 is 0 Å². The van der Waals surface area contributed by atoms with Crippen molar-refractivity contribution in [2.75, 3.05) is 9.80 Å². The molecular weight excluding hydrogens is 880 g/mol. The minimum absolute atomic E-state index is 0. The summed E-state index contributed by atoms with van der Waals surface area (Å²) in [6.07, 6.45) is 1.91. The topological polar surface area (TPSA) is 33.5 Å². The van der Waals surface area contributed by atoms with Crippen LogP contribution in [-0.4, -0.2) is 9.55 Å². The van der Waals surface area contributed by atoms with Crippen LogP contribution in [-0.2, 0) is 37.3 Å². The molecule has 3 heterocycles. The molecule has 0 amide bonds. The molecule has 0 saturated carbocycles. The van der Waals surface area contributed by atoms with Gasteiger partial charge < -0.3 is 19.1 Å². The van der Waals surface area contributed by atoms with Crippen LogP contribution in [0.25, 0.3) is 27.6 Å². The largest absolute Gasteiger partial charge is 0.509 e. The Labute approximate surface area is 353 Å². The second kappa shape index (κ2) is 15.0. The Morgan fingerprint density at radius 3 is 1.98 bits per heavy atom. The van der Waals surface area contributed by atoms with Crippen molar-refractivity contribution in [1.29, 1.82) is 0 Å². The average Bonchev–Trinajstić information content (AvgIpc) is 3.67. The summed E-state index contributed by atoms with van der Waals surface area (Å²) in [7, 11) is 0. The maximum absolute atomic E-state index is 6.60. The molecule has 7 aromatic rings. The van der Waals surface area contributed by atoms with Crippen molar-refractivity contribution in [1.82, 2.24) is 9.55 Å². The zero-order valence-corrected chi connectivity index (χ0v) is 36.9. The van der Waals surface area contributed by atoms with Crippen LogP contribution in [0.2, 0.25) is 0 Å². The molecule has 0 N–H and O–H groups in total. The maximum atomic E-state index is 6.60. The number of nitrogens with zero attached hydrogens (tertiary/aromatic N) is 4. The van der Waals surface area contributed by atoms with E-state index in [1.165, 1.54) is 28.0 Å². The van der Waals surface area contributed by atoms with Gasteiger partial charge in [0.1, 0.15) is 5.82 Å². The van der Waals surface area contributed by atoms with Gasteiger partial charge in [-0.2, -0.15) is 12.1 Å². The number of hydrogen-bond acceptors (Lipinski definition) is 4. The molecule has 0 spiro atoms. The fraction of sp³-hybridized carbons (Fsp3) is 0.255. The molecule has 8 rings (SSSR count). The first-order chi connectivity index (χ1) is 26.6. The van der Waals surface area contributed by atoms with E-state index in [1.54, 1.807) is 0 Å². The van der Waals surface area contributed by atoms with Gasteiger partial charge >= 0.3 is 0 Å². The first-order valence-corrected chi connectivity index (χ1v) is 19.5. The van der Waals surface area contributed by atoms with E-state index in [0.717, 1.165) is 44.7 Å². The van der Waals surface area contributed by atoms with Crippen molar-refractivity contribution in [3.63, 3.8) is 0 Å². The van der Waals surface area contributed by atoms with Crippen LogP contribution in [0.3, 0.4) is 0 Å². The third-order valence-corrected chi connectivity index (χ3v) is 11.4. The Bertz CT molecular complexity index is 2620. The number of ether oxygens (including phenoxy) is 1. The van der Waals surface area contributed by atoms with Crippen molar-refractivity contribution >= 4 is 33.2 Å². The predicted molar refractivity (Wildman–Crippen MR) is 233 cm³/mol. The Hall–Kier alpha value is -5.12. The smallest absolute Gasteiger partial charge is 0.135 e. The van der Waals surface area contributed by atoms with Crippen molar-refractivity contribution in [2.24, 2.45) is 0 Å². The van der Waals surface area contributed by atoms with Gasteiger partial charge in [0.15, 0.2) is 0 Å². The van der Waals surface area contributed by atoms with Gasteiger partial charge in [-0.25, -0.2) is 4.98 Å². The van der Waals surface area contributed by atoms with Crippen LogP contribution in [0.4, 0.5) is 11.4 Å². The number of pyridine rings is 1. The third-order valence-electron chi connectivity index (χ3n) is 11.4. The molecule has 6 heteroatoms. The summed E-state index contributed by atoms with van der Waals surface area (Å²) in [5.74, 6) is 2.09. The average molecular weight is 931 g/mol. The molecule has 5 aromatic carbocycles. The second-order valence-corrected chi connectivity index (χ2v) is 17.6. The van der Waals surface area contributed by atoms with Crippen LogP contribution in [0.1, 0.15) is 91.5 Å².